The van der Waals surface area contributed by atoms with Crippen molar-refractivity contribution in [2.24, 2.45) is 0 Å². The van der Waals surface area contributed by atoms with Crippen molar-refractivity contribution >= 4 is 5.91 Å². The lowest BCUT2D eigenvalue weighted by molar-refractivity contribution is -0.131. The van der Waals surface area contributed by atoms with Crippen LogP contribution in [0.4, 0.5) is 0 Å². The van der Waals surface area contributed by atoms with Gasteiger partial charge in [-0.15, -0.1) is 0 Å². The van der Waals surface area contributed by atoms with Gasteiger partial charge in [0.2, 0.25) is 5.91 Å². The first-order chi connectivity index (χ1) is 9.02. The highest BCUT2D eigenvalue weighted by Crippen LogP contribution is 2.06. The molecule has 0 aliphatic heterocycles. The van der Waals surface area contributed by atoms with Gasteiger partial charge in [-0.2, -0.15) is 0 Å². The lowest BCUT2D eigenvalue weighted by Gasteiger charge is -2.22. The van der Waals surface area contributed by atoms with Gasteiger partial charge in [-0.05, 0) is 26.6 Å². The van der Waals surface area contributed by atoms with Crippen molar-refractivity contribution in [3.05, 3.63) is 35.4 Å². The maximum Gasteiger partial charge on any atom is 0.236 e. The van der Waals surface area contributed by atoms with Crippen LogP contribution in [0.2, 0.25) is 0 Å². The van der Waals surface area contributed by atoms with Crippen molar-refractivity contribution in [1.82, 2.24) is 15.1 Å². The Kier molecular flexibility index (Phi) is 6.53. The summed E-state index contributed by atoms with van der Waals surface area (Å²) in [5.74, 6) is 0.152. The van der Waals surface area contributed by atoms with Gasteiger partial charge in [-0.25, -0.2) is 0 Å². The van der Waals surface area contributed by atoms with Crippen LogP contribution in [0.15, 0.2) is 24.3 Å². The lowest BCUT2D eigenvalue weighted by atomic mass is 10.1. The van der Waals surface area contributed by atoms with Gasteiger partial charge in [0.05, 0.1) is 6.54 Å². The molecule has 0 spiro atoms. The molecule has 0 radical (unpaired) electrons. The molecule has 0 saturated heterocycles. The molecule has 0 atom stereocenters. The van der Waals surface area contributed by atoms with Crippen molar-refractivity contribution in [2.45, 2.75) is 13.5 Å². The molecule has 4 nitrogen and oxygen atoms in total. The standard InChI is InChI=1S/C15H25N3O/c1-13-5-7-14(8-6-13)11-18(4)15(19)12-17(3)10-9-16-2/h5-8,16H,9-12H2,1-4H3. The number of aryl methyl sites for hydroxylation is 1. The van der Waals surface area contributed by atoms with E-state index in [4.69, 9.17) is 0 Å². The Labute approximate surface area is 116 Å². The topological polar surface area (TPSA) is 35.6 Å². The minimum atomic E-state index is 0.152. The number of carbonyl (C=O) groups excluding carboxylic acids is 1. The molecule has 1 rings (SSSR count). The summed E-state index contributed by atoms with van der Waals surface area (Å²) in [6.45, 7) is 4.96. The second kappa shape index (κ2) is 7.92. The Bertz CT molecular complexity index is 389. The zero-order valence-corrected chi connectivity index (χ0v) is 12.4. The van der Waals surface area contributed by atoms with Gasteiger partial charge in [0.1, 0.15) is 0 Å². The van der Waals surface area contributed by atoms with E-state index in [2.05, 4.69) is 36.5 Å². The molecule has 0 heterocycles. The molecule has 0 unspecified atom stereocenters. The van der Waals surface area contributed by atoms with Crippen LogP contribution in [-0.2, 0) is 11.3 Å². The summed E-state index contributed by atoms with van der Waals surface area (Å²) in [5, 5.41) is 3.08. The van der Waals surface area contributed by atoms with Crippen LogP contribution in [0.5, 0.6) is 0 Å². The van der Waals surface area contributed by atoms with Gasteiger partial charge in [0.25, 0.3) is 0 Å². The zero-order valence-electron chi connectivity index (χ0n) is 12.4. The smallest absolute Gasteiger partial charge is 0.236 e. The summed E-state index contributed by atoms with van der Waals surface area (Å²) in [5.41, 5.74) is 2.41. The average Bonchev–Trinajstić information content (AvgIpc) is 2.39. The number of hydrogen-bond acceptors (Lipinski definition) is 3. The number of likely N-dealkylation sites (N-methyl/N-ethyl adjacent to an activating group) is 3. The fourth-order valence-electron chi connectivity index (χ4n) is 1.79. The fourth-order valence-corrected chi connectivity index (χ4v) is 1.79. The molecule has 106 valence electrons. The second-order valence-electron chi connectivity index (χ2n) is 5.08. The third-order valence-corrected chi connectivity index (χ3v) is 3.11. The van der Waals surface area contributed by atoms with Crippen molar-refractivity contribution in [3.63, 3.8) is 0 Å². The first-order valence-corrected chi connectivity index (χ1v) is 6.65. The van der Waals surface area contributed by atoms with Gasteiger partial charge in [-0.3, -0.25) is 9.69 Å². The molecule has 1 aromatic rings. The third-order valence-electron chi connectivity index (χ3n) is 3.11. The average molecular weight is 263 g/mol. The Balaban J connectivity index is 2.42. The van der Waals surface area contributed by atoms with Crippen LogP contribution < -0.4 is 5.32 Å². The first-order valence-electron chi connectivity index (χ1n) is 6.65. The Morgan fingerprint density at radius 1 is 1.21 bits per heavy atom. The van der Waals surface area contributed by atoms with E-state index in [9.17, 15) is 4.79 Å². The molecule has 0 aliphatic rings. The number of nitrogens with one attached hydrogen (secondary N) is 1. The van der Waals surface area contributed by atoms with Crippen molar-refractivity contribution < 1.29 is 4.79 Å². The monoisotopic (exact) mass is 263 g/mol. The van der Waals surface area contributed by atoms with E-state index in [0.29, 0.717) is 13.1 Å². The molecular formula is C15H25N3O. The molecule has 0 bridgehead atoms. The maximum absolute atomic E-state index is 12.1. The SMILES string of the molecule is CNCCN(C)CC(=O)N(C)Cc1ccc(C)cc1. The third kappa shape index (κ3) is 5.85. The predicted octanol–water partition coefficient (Wildman–Crippen LogP) is 1.10. The second-order valence-corrected chi connectivity index (χ2v) is 5.08. The minimum absolute atomic E-state index is 0.152. The highest BCUT2D eigenvalue weighted by atomic mass is 16.2. The maximum atomic E-state index is 12.1. The number of rotatable bonds is 7. The fraction of sp³-hybridized carbons (Fsp3) is 0.533. The molecule has 1 N–H and O–H groups in total. The predicted molar refractivity (Wildman–Crippen MR) is 79.1 cm³/mol. The van der Waals surface area contributed by atoms with E-state index < -0.39 is 0 Å². The Morgan fingerprint density at radius 3 is 2.42 bits per heavy atom. The molecule has 1 amide bonds. The summed E-state index contributed by atoms with van der Waals surface area (Å²) in [4.78, 5) is 15.9. The molecule has 4 heteroatoms. The molecule has 0 fully saturated rings. The quantitative estimate of drug-likeness (QED) is 0.800. The summed E-state index contributed by atoms with van der Waals surface area (Å²) in [7, 11) is 5.74. The number of hydrogen-bond donors (Lipinski definition) is 1. The summed E-state index contributed by atoms with van der Waals surface area (Å²) in [6, 6.07) is 8.30. The molecule has 0 aromatic heterocycles. The van der Waals surface area contributed by atoms with Crippen LogP contribution >= 0.6 is 0 Å². The molecule has 1 aromatic carbocycles. The largest absolute Gasteiger partial charge is 0.340 e. The summed E-state index contributed by atoms with van der Waals surface area (Å²) in [6.07, 6.45) is 0. The zero-order chi connectivity index (χ0) is 14.3. The minimum Gasteiger partial charge on any atom is -0.340 e. The van der Waals surface area contributed by atoms with Crippen molar-refractivity contribution in [1.29, 1.82) is 0 Å². The lowest BCUT2D eigenvalue weighted by Crippen LogP contribution is -2.38. The van der Waals surface area contributed by atoms with Crippen LogP contribution in [0.25, 0.3) is 0 Å². The van der Waals surface area contributed by atoms with Crippen LogP contribution in [-0.4, -0.2) is 56.5 Å². The van der Waals surface area contributed by atoms with E-state index in [1.54, 1.807) is 4.90 Å². The van der Waals surface area contributed by atoms with Gasteiger partial charge in [0, 0.05) is 26.7 Å². The normalized spacial score (nSPS) is 10.8. The first kappa shape index (κ1) is 15.7. The number of benzene rings is 1. The van der Waals surface area contributed by atoms with Gasteiger partial charge in [-0.1, -0.05) is 29.8 Å². The Morgan fingerprint density at radius 2 is 1.84 bits per heavy atom. The van der Waals surface area contributed by atoms with Crippen molar-refractivity contribution in [2.75, 3.05) is 40.8 Å². The van der Waals surface area contributed by atoms with E-state index in [-0.39, 0.29) is 5.91 Å². The Hall–Kier alpha value is -1.39. The van der Waals surface area contributed by atoms with E-state index in [1.807, 2.05) is 26.0 Å². The van der Waals surface area contributed by atoms with Gasteiger partial charge < -0.3 is 10.2 Å². The summed E-state index contributed by atoms with van der Waals surface area (Å²) >= 11 is 0. The molecule has 0 saturated carbocycles. The molecular weight excluding hydrogens is 238 g/mol. The molecule has 19 heavy (non-hydrogen) atoms. The summed E-state index contributed by atoms with van der Waals surface area (Å²) < 4.78 is 0. The number of carbonyl (C=O) groups is 1. The molecule has 0 aliphatic carbocycles. The van der Waals surface area contributed by atoms with E-state index in [1.165, 1.54) is 11.1 Å². The van der Waals surface area contributed by atoms with Crippen LogP contribution in [0, 0.1) is 6.92 Å². The number of nitrogens with zero attached hydrogens (tertiary/aromatic N) is 2. The van der Waals surface area contributed by atoms with E-state index >= 15 is 0 Å². The van der Waals surface area contributed by atoms with Gasteiger partial charge >= 0.3 is 0 Å². The van der Waals surface area contributed by atoms with Gasteiger partial charge in [0.15, 0.2) is 0 Å². The highest BCUT2D eigenvalue weighted by molar-refractivity contribution is 5.77. The highest BCUT2D eigenvalue weighted by Gasteiger charge is 2.11. The van der Waals surface area contributed by atoms with E-state index in [0.717, 1.165) is 13.1 Å². The van der Waals surface area contributed by atoms with Crippen LogP contribution in [0.1, 0.15) is 11.1 Å². The van der Waals surface area contributed by atoms with Crippen LogP contribution in [0.3, 0.4) is 0 Å². The van der Waals surface area contributed by atoms with Crippen molar-refractivity contribution in [3.8, 4) is 0 Å². The number of amides is 1.